The number of benzene rings is 1. The highest BCUT2D eigenvalue weighted by Gasteiger charge is 2.14. The molecule has 4 heteroatoms. The van der Waals surface area contributed by atoms with E-state index in [0.717, 1.165) is 34.3 Å². The molecule has 18 heavy (non-hydrogen) atoms. The summed E-state index contributed by atoms with van der Waals surface area (Å²) < 4.78 is 3.31. The smallest absolute Gasteiger partial charge is 0.124 e. The molecule has 0 N–H and O–H groups in total. The van der Waals surface area contributed by atoms with Crippen LogP contribution >= 0.6 is 27.5 Å². The third-order valence-corrected chi connectivity index (χ3v) is 3.73. The minimum absolute atomic E-state index is 0.312. The van der Waals surface area contributed by atoms with Crippen LogP contribution in [0.3, 0.4) is 0 Å². The molecule has 0 radical (unpaired) electrons. The maximum atomic E-state index is 6.00. The van der Waals surface area contributed by atoms with E-state index in [-0.39, 0.29) is 0 Å². The third-order valence-electron chi connectivity index (χ3n) is 2.99. The van der Waals surface area contributed by atoms with Gasteiger partial charge < -0.3 is 4.57 Å². The lowest BCUT2D eigenvalue weighted by Crippen LogP contribution is -2.11. The number of alkyl halides is 1. The molecule has 2 aromatic rings. The molecule has 0 aliphatic carbocycles. The summed E-state index contributed by atoms with van der Waals surface area (Å²) in [4.78, 5) is 4.58. The van der Waals surface area contributed by atoms with E-state index >= 15 is 0 Å². The SMILES string of the molecule is CC(C)(C)CCn1c(CCl)nc2ccc(Br)cc21. The van der Waals surface area contributed by atoms with Crippen LogP contribution in [0.25, 0.3) is 11.0 Å². The highest BCUT2D eigenvalue weighted by Crippen LogP contribution is 2.25. The Kier molecular flexibility index (Phi) is 4.02. The highest BCUT2D eigenvalue weighted by molar-refractivity contribution is 9.10. The molecule has 1 aromatic carbocycles. The Hall–Kier alpha value is -0.540. The van der Waals surface area contributed by atoms with E-state index in [9.17, 15) is 0 Å². The van der Waals surface area contributed by atoms with Gasteiger partial charge in [-0.05, 0) is 30.0 Å². The lowest BCUT2D eigenvalue weighted by atomic mass is 9.92. The van der Waals surface area contributed by atoms with Gasteiger partial charge in [0.2, 0.25) is 0 Å². The Labute approximate surface area is 121 Å². The van der Waals surface area contributed by atoms with E-state index in [1.807, 2.05) is 12.1 Å². The zero-order valence-electron chi connectivity index (χ0n) is 11.0. The fourth-order valence-electron chi connectivity index (χ4n) is 1.94. The number of aromatic nitrogens is 2. The molecule has 1 heterocycles. The van der Waals surface area contributed by atoms with Gasteiger partial charge in [-0.1, -0.05) is 36.7 Å². The van der Waals surface area contributed by atoms with Crippen LogP contribution in [0.4, 0.5) is 0 Å². The minimum atomic E-state index is 0.312. The number of nitrogens with zero attached hydrogens (tertiary/aromatic N) is 2. The molecule has 0 amide bonds. The second kappa shape index (κ2) is 5.22. The summed E-state index contributed by atoms with van der Waals surface area (Å²) in [5.41, 5.74) is 2.48. The van der Waals surface area contributed by atoms with Crippen LogP contribution in [0.15, 0.2) is 22.7 Å². The van der Waals surface area contributed by atoms with Crippen molar-refractivity contribution in [2.24, 2.45) is 5.41 Å². The lowest BCUT2D eigenvalue weighted by molar-refractivity contribution is 0.351. The van der Waals surface area contributed by atoms with Crippen LogP contribution in [0.5, 0.6) is 0 Å². The Bertz CT molecular complexity index is 555. The van der Waals surface area contributed by atoms with Crippen LogP contribution in [0.1, 0.15) is 33.0 Å². The molecule has 0 atom stereocenters. The zero-order valence-corrected chi connectivity index (χ0v) is 13.3. The molecule has 2 rings (SSSR count). The number of hydrogen-bond acceptors (Lipinski definition) is 1. The first-order valence-corrected chi connectivity index (χ1v) is 7.44. The molecule has 98 valence electrons. The van der Waals surface area contributed by atoms with Crippen molar-refractivity contribution in [3.05, 3.63) is 28.5 Å². The fourth-order valence-corrected chi connectivity index (χ4v) is 2.50. The first-order chi connectivity index (χ1) is 8.40. The molecule has 0 aliphatic heterocycles. The predicted molar refractivity (Wildman–Crippen MR) is 81.1 cm³/mol. The van der Waals surface area contributed by atoms with Gasteiger partial charge in [0.1, 0.15) is 5.82 Å². The standard InChI is InChI=1S/C14H18BrClN2/c1-14(2,3)6-7-18-12-8-10(15)4-5-11(12)17-13(18)9-16/h4-5,8H,6-7,9H2,1-3H3. The van der Waals surface area contributed by atoms with Crippen molar-refractivity contribution in [1.29, 1.82) is 0 Å². The molecule has 0 saturated heterocycles. The van der Waals surface area contributed by atoms with Crippen LogP contribution in [0.2, 0.25) is 0 Å². The van der Waals surface area contributed by atoms with Gasteiger partial charge in [-0.15, -0.1) is 11.6 Å². The summed E-state index contributed by atoms with van der Waals surface area (Å²) in [6, 6.07) is 6.16. The van der Waals surface area contributed by atoms with E-state index in [2.05, 4.69) is 52.3 Å². The van der Waals surface area contributed by atoms with Gasteiger partial charge in [0.15, 0.2) is 0 Å². The Balaban J connectivity index is 2.42. The average Bonchev–Trinajstić information content (AvgIpc) is 2.62. The van der Waals surface area contributed by atoms with Crippen molar-refractivity contribution < 1.29 is 0 Å². The first-order valence-electron chi connectivity index (χ1n) is 6.11. The molecule has 0 aliphatic rings. The second-order valence-corrected chi connectivity index (χ2v) is 6.94. The van der Waals surface area contributed by atoms with Gasteiger partial charge in [0.05, 0.1) is 16.9 Å². The summed E-state index contributed by atoms with van der Waals surface area (Å²) >= 11 is 9.51. The Morgan fingerprint density at radius 3 is 2.67 bits per heavy atom. The molecule has 0 fully saturated rings. The molecular formula is C14H18BrClN2. The predicted octanol–water partition coefficient (Wildman–Crippen LogP) is 4.97. The number of fused-ring (bicyclic) bond motifs is 1. The third kappa shape index (κ3) is 3.07. The number of hydrogen-bond donors (Lipinski definition) is 0. The largest absolute Gasteiger partial charge is 0.327 e. The number of rotatable bonds is 3. The maximum absolute atomic E-state index is 6.00. The van der Waals surface area contributed by atoms with E-state index < -0.39 is 0 Å². The van der Waals surface area contributed by atoms with Crippen molar-refractivity contribution in [3.63, 3.8) is 0 Å². The Morgan fingerprint density at radius 2 is 2.06 bits per heavy atom. The topological polar surface area (TPSA) is 17.8 Å². The van der Waals surface area contributed by atoms with Crippen molar-refractivity contribution in [2.75, 3.05) is 0 Å². The van der Waals surface area contributed by atoms with E-state index in [0.29, 0.717) is 11.3 Å². The number of aryl methyl sites for hydroxylation is 1. The molecule has 0 saturated carbocycles. The molecular weight excluding hydrogens is 312 g/mol. The summed E-state index contributed by atoms with van der Waals surface area (Å²) in [5, 5.41) is 0. The number of halogens is 2. The van der Waals surface area contributed by atoms with E-state index in [4.69, 9.17) is 11.6 Å². The van der Waals surface area contributed by atoms with Gasteiger partial charge in [-0.2, -0.15) is 0 Å². The van der Waals surface area contributed by atoms with Gasteiger partial charge in [-0.25, -0.2) is 4.98 Å². The molecule has 0 bridgehead atoms. The van der Waals surface area contributed by atoms with E-state index in [1.54, 1.807) is 0 Å². The molecule has 1 aromatic heterocycles. The Morgan fingerprint density at radius 1 is 1.33 bits per heavy atom. The second-order valence-electron chi connectivity index (χ2n) is 5.76. The summed E-state index contributed by atoms with van der Waals surface area (Å²) in [5.74, 6) is 1.41. The normalized spacial score (nSPS) is 12.3. The monoisotopic (exact) mass is 328 g/mol. The quantitative estimate of drug-likeness (QED) is 0.727. The van der Waals surface area contributed by atoms with Crippen molar-refractivity contribution in [1.82, 2.24) is 9.55 Å². The van der Waals surface area contributed by atoms with Crippen LogP contribution in [0, 0.1) is 5.41 Å². The summed E-state index contributed by atoms with van der Waals surface area (Å²) in [6.07, 6.45) is 1.11. The first kappa shape index (κ1) is 13.9. The zero-order chi connectivity index (χ0) is 13.3. The van der Waals surface area contributed by atoms with Gasteiger partial charge in [0.25, 0.3) is 0 Å². The van der Waals surface area contributed by atoms with Crippen molar-refractivity contribution in [2.45, 2.75) is 39.6 Å². The van der Waals surface area contributed by atoms with Crippen LogP contribution < -0.4 is 0 Å². The average molecular weight is 330 g/mol. The van der Waals surface area contributed by atoms with Crippen molar-refractivity contribution >= 4 is 38.6 Å². The molecule has 0 spiro atoms. The van der Waals surface area contributed by atoms with E-state index in [1.165, 1.54) is 0 Å². The van der Waals surface area contributed by atoms with Gasteiger partial charge in [-0.3, -0.25) is 0 Å². The molecule has 2 nitrogen and oxygen atoms in total. The maximum Gasteiger partial charge on any atom is 0.124 e. The lowest BCUT2D eigenvalue weighted by Gasteiger charge is -2.19. The van der Waals surface area contributed by atoms with Crippen molar-refractivity contribution in [3.8, 4) is 0 Å². The summed E-state index contributed by atoms with van der Waals surface area (Å²) in [6.45, 7) is 7.71. The van der Waals surface area contributed by atoms with Gasteiger partial charge in [0, 0.05) is 11.0 Å². The van der Waals surface area contributed by atoms with Gasteiger partial charge >= 0.3 is 0 Å². The molecule has 0 unspecified atom stereocenters. The van der Waals surface area contributed by atoms with Crippen LogP contribution in [-0.2, 0) is 12.4 Å². The minimum Gasteiger partial charge on any atom is -0.327 e. The highest BCUT2D eigenvalue weighted by atomic mass is 79.9. The van der Waals surface area contributed by atoms with Crippen LogP contribution in [-0.4, -0.2) is 9.55 Å². The summed E-state index contributed by atoms with van der Waals surface area (Å²) in [7, 11) is 0. The fraction of sp³-hybridized carbons (Fsp3) is 0.500. The number of imidazole rings is 1.